The first-order valence-corrected chi connectivity index (χ1v) is 7.13. The summed E-state index contributed by atoms with van der Waals surface area (Å²) in [6.45, 7) is 5.73. The summed E-state index contributed by atoms with van der Waals surface area (Å²) in [4.78, 5) is 11.8. The number of nitrogens with zero attached hydrogens (tertiary/aromatic N) is 3. The molecule has 1 fully saturated rings. The van der Waals surface area contributed by atoms with Crippen LogP contribution in [0.2, 0.25) is 0 Å². The fourth-order valence-electron chi connectivity index (χ4n) is 2.61. The molecule has 6 nitrogen and oxygen atoms in total. The van der Waals surface area contributed by atoms with Crippen molar-refractivity contribution in [1.82, 2.24) is 20.3 Å². The molecule has 110 valence electrons. The monoisotopic (exact) mass is 286 g/mol. The number of benzene rings is 1. The first kappa shape index (κ1) is 13.8. The SMILES string of the molecule is C=CCOC(=O)c1ccc2c(c1)nnn2C1CCNCC1. The smallest absolute Gasteiger partial charge is 0.338 e. The Bertz CT molecular complexity index is 659. The summed E-state index contributed by atoms with van der Waals surface area (Å²) >= 11 is 0. The van der Waals surface area contributed by atoms with Gasteiger partial charge >= 0.3 is 5.97 Å². The minimum atomic E-state index is -0.367. The van der Waals surface area contributed by atoms with Gasteiger partial charge in [-0.05, 0) is 44.1 Å². The van der Waals surface area contributed by atoms with E-state index >= 15 is 0 Å². The number of hydrogen-bond donors (Lipinski definition) is 1. The van der Waals surface area contributed by atoms with Crippen LogP contribution in [0.5, 0.6) is 0 Å². The molecule has 0 unspecified atom stereocenters. The van der Waals surface area contributed by atoms with Crippen LogP contribution in [0.15, 0.2) is 30.9 Å². The minimum absolute atomic E-state index is 0.207. The molecule has 21 heavy (non-hydrogen) atoms. The van der Waals surface area contributed by atoms with Gasteiger partial charge in [-0.3, -0.25) is 0 Å². The highest BCUT2D eigenvalue weighted by molar-refractivity contribution is 5.93. The van der Waals surface area contributed by atoms with Gasteiger partial charge in [0.15, 0.2) is 0 Å². The second-order valence-corrected chi connectivity index (χ2v) is 5.11. The Morgan fingerprint density at radius 2 is 2.29 bits per heavy atom. The second kappa shape index (κ2) is 6.05. The summed E-state index contributed by atoms with van der Waals surface area (Å²) in [6.07, 6.45) is 3.63. The van der Waals surface area contributed by atoms with Crippen LogP contribution < -0.4 is 5.32 Å². The predicted octanol–water partition coefficient (Wildman–Crippen LogP) is 1.70. The Morgan fingerprint density at radius 1 is 1.48 bits per heavy atom. The van der Waals surface area contributed by atoms with Gasteiger partial charge in [0.1, 0.15) is 12.1 Å². The highest BCUT2D eigenvalue weighted by Crippen LogP contribution is 2.23. The first-order valence-electron chi connectivity index (χ1n) is 7.13. The van der Waals surface area contributed by atoms with Crippen LogP contribution in [0.3, 0.4) is 0 Å². The molecule has 2 heterocycles. The van der Waals surface area contributed by atoms with Crippen molar-refractivity contribution in [2.75, 3.05) is 19.7 Å². The average molecular weight is 286 g/mol. The number of ether oxygens (including phenoxy) is 1. The lowest BCUT2D eigenvalue weighted by Crippen LogP contribution is -2.29. The Labute approximate surface area is 122 Å². The maximum absolute atomic E-state index is 11.8. The number of esters is 1. The minimum Gasteiger partial charge on any atom is -0.458 e. The number of nitrogens with one attached hydrogen (secondary N) is 1. The summed E-state index contributed by atoms with van der Waals surface area (Å²) < 4.78 is 7.00. The maximum atomic E-state index is 11.8. The number of rotatable bonds is 4. The lowest BCUT2D eigenvalue weighted by molar-refractivity contribution is 0.0550. The van der Waals surface area contributed by atoms with Gasteiger partial charge in [0.25, 0.3) is 0 Å². The van der Waals surface area contributed by atoms with Crippen LogP contribution >= 0.6 is 0 Å². The van der Waals surface area contributed by atoms with E-state index < -0.39 is 0 Å². The van der Waals surface area contributed by atoms with Gasteiger partial charge in [-0.15, -0.1) is 5.10 Å². The van der Waals surface area contributed by atoms with E-state index in [0.717, 1.165) is 37.0 Å². The van der Waals surface area contributed by atoms with Crippen LogP contribution in [0.4, 0.5) is 0 Å². The Balaban J connectivity index is 1.86. The zero-order chi connectivity index (χ0) is 14.7. The summed E-state index contributed by atoms with van der Waals surface area (Å²) in [5, 5.41) is 11.8. The van der Waals surface area contributed by atoms with Crippen molar-refractivity contribution in [1.29, 1.82) is 0 Å². The van der Waals surface area contributed by atoms with Gasteiger partial charge < -0.3 is 10.1 Å². The molecular formula is C15H18N4O2. The van der Waals surface area contributed by atoms with E-state index in [1.807, 2.05) is 10.7 Å². The second-order valence-electron chi connectivity index (χ2n) is 5.11. The quantitative estimate of drug-likeness (QED) is 0.684. The number of carbonyl (C=O) groups excluding carboxylic acids is 1. The molecule has 0 radical (unpaired) electrons. The highest BCUT2D eigenvalue weighted by atomic mass is 16.5. The van der Waals surface area contributed by atoms with E-state index in [0.29, 0.717) is 11.6 Å². The van der Waals surface area contributed by atoms with Crippen molar-refractivity contribution in [3.05, 3.63) is 36.4 Å². The molecule has 2 aromatic rings. The molecule has 1 aliphatic rings. The van der Waals surface area contributed by atoms with Gasteiger partial charge in [0.05, 0.1) is 17.1 Å². The zero-order valence-electron chi connectivity index (χ0n) is 11.8. The molecule has 0 amide bonds. The van der Waals surface area contributed by atoms with E-state index in [-0.39, 0.29) is 12.6 Å². The summed E-state index contributed by atoms with van der Waals surface area (Å²) in [7, 11) is 0. The third-order valence-electron chi connectivity index (χ3n) is 3.69. The third-order valence-corrected chi connectivity index (χ3v) is 3.69. The molecule has 0 bridgehead atoms. The fraction of sp³-hybridized carbons (Fsp3) is 0.400. The standard InChI is InChI=1S/C15H18N4O2/c1-2-9-21-15(20)11-3-4-14-13(10-11)17-18-19(14)12-5-7-16-8-6-12/h2-4,10,12,16H,1,5-9H2. The van der Waals surface area contributed by atoms with Crippen LogP contribution in [0.1, 0.15) is 29.2 Å². The molecule has 1 saturated heterocycles. The first-order chi connectivity index (χ1) is 10.3. The van der Waals surface area contributed by atoms with Crippen LogP contribution in [0.25, 0.3) is 11.0 Å². The number of piperidine rings is 1. The molecule has 6 heteroatoms. The molecule has 0 saturated carbocycles. The fourth-order valence-corrected chi connectivity index (χ4v) is 2.61. The topological polar surface area (TPSA) is 69.0 Å². The van der Waals surface area contributed by atoms with Crippen LogP contribution in [-0.4, -0.2) is 40.7 Å². The maximum Gasteiger partial charge on any atom is 0.338 e. The van der Waals surface area contributed by atoms with Gasteiger partial charge in [-0.25, -0.2) is 9.48 Å². The van der Waals surface area contributed by atoms with E-state index in [9.17, 15) is 4.79 Å². The lowest BCUT2D eigenvalue weighted by atomic mass is 10.1. The van der Waals surface area contributed by atoms with Gasteiger partial charge in [0.2, 0.25) is 0 Å². The number of hydrogen-bond acceptors (Lipinski definition) is 5. The van der Waals surface area contributed by atoms with Gasteiger partial charge in [0, 0.05) is 0 Å². The number of aromatic nitrogens is 3. The molecule has 1 N–H and O–H groups in total. The molecule has 0 aliphatic carbocycles. The summed E-state index contributed by atoms with van der Waals surface area (Å²) in [6, 6.07) is 5.75. The van der Waals surface area contributed by atoms with E-state index in [4.69, 9.17) is 4.74 Å². The number of carbonyl (C=O) groups is 1. The van der Waals surface area contributed by atoms with E-state index in [2.05, 4.69) is 22.2 Å². The van der Waals surface area contributed by atoms with Crippen LogP contribution in [0, 0.1) is 0 Å². The van der Waals surface area contributed by atoms with Crippen LogP contribution in [-0.2, 0) is 4.74 Å². The molecule has 1 aromatic carbocycles. The molecule has 1 aromatic heterocycles. The highest BCUT2D eigenvalue weighted by Gasteiger charge is 2.19. The molecule has 3 rings (SSSR count). The van der Waals surface area contributed by atoms with Crippen molar-refractivity contribution in [3.63, 3.8) is 0 Å². The molecule has 0 atom stereocenters. The predicted molar refractivity (Wildman–Crippen MR) is 79.1 cm³/mol. The van der Waals surface area contributed by atoms with Gasteiger partial charge in [-0.2, -0.15) is 0 Å². The number of fused-ring (bicyclic) bond motifs is 1. The molecule has 0 spiro atoms. The lowest BCUT2D eigenvalue weighted by Gasteiger charge is -2.22. The van der Waals surface area contributed by atoms with Crippen molar-refractivity contribution in [3.8, 4) is 0 Å². The largest absolute Gasteiger partial charge is 0.458 e. The van der Waals surface area contributed by atoms with Crippen molar-refractivity contribution >= 4 is 17.0 Å². The van der Waals surface area contributed by atoms with Gasteiger partial charge in [-0.1, -0.05) is 17.9 Å². The van der Waals surface area contributed by atoms with E-state index in [1.165, 1.54) is 0 Å². The molecule has 1 aliphatic heterocycles. The summed E-state index contributed by atoms with van der Waals surface area (Å²) in [5.74, 6) is -0.367. The average Bonchev–Trinajstić information content (AvgIpc) is 2.96. The van der Waals surface area contributed by atoms with Crippen molar-refractivity contribution in [2.24, 2.45) is 0 Å². The molecular weight excluding hydrogens is 268 g/mol. The Hall–Kier alpha value is -2.21. The Morgan fingerprint density at radius 3 is 3.05 bits per heavy atom. The zero-order valence-corrected chi connectivity index (χ0v) is 11.8. The summed E-state index contributed by atoms with van der Waals surface area (Å²) in [5.41, 5.74) is 2.17. The Kier molecular flexibility index (Phi) is 3.96. The van der Waals surface area contributed by atoms with E-state index in [1.54, 1.807) is 18.2 Å². The third kappa shape index (κ3) is 2.80. The normalized spacial score (nSPS) is 16.0. The van der Waals surface area contributed by atoms with Crippen molar-refractivity contribution in [2.45, 2.75) is 18.9 Å². The van der Waals surface area contributed by atoms with Crippen molar-refractivity contribution < 1.29 is 9.53 Å².